The van der Waals surface area contributed by atoms with Crippen LogP contribution in [0.4, 0.5) is 8.78 Å². The highest BCUT2D eigenvalue weighted by molar-refractivity contribution is 5.89. The van der Waals surface area contributed by atoms with E-state index in [2.05, 4.69) is 5.32 Å². The lowest BCUT2D eigenvalue weighted by molar-refractivity contribution is -0.146. The van der Waals surface area contributed by atoms with E-state index in [1.165, 1.54) is 19.9 Å². The van der Waals surface area contributed by atoms with Crippen LogP contribution < -0.4 is 5.32 Å². The van der Waals surface area contributed by atoms with Crippen molar-refractivity contribution >= 4 is 11.9 Å². The molecule has 4 nitrogen and oxygen atoms in total. The number of halogens is 2. The van der Waals surface area contributed by atoms with Gasteiger partial charge in [0, 0.05) is 12.0 Å². The van der Waals surface area contributed by atoms with Gasteiger partial charge >= 0.3 is 5.97 Å². The molecule has 20 heavy (non-hydrogen) atoms. The normalized spacial score (nSPS) is 21.4. The van der Waals surface area contributed by atoms with Gasteiger partial charge in [0.15, 0.2) is 0 Å². The van der Waals surface area contributed by atoms with Gasteiger partial charge in [0.1, 0.15) is 17.2 Å². The van der Waals surface area contributed by atoms with Crippen molar-refractivity contribution in [2.75, 3.05) is 0 Å². The van der Waals surface area contributed by atoms with E-state index >= 15 is 0 Å². The van der Waals surface area contributed by atoms with Crippen LogP contribution in [0, 0.1) is 17.6 Å². The maximum absolute atomic E-state index is 13.6. The molecule has 0 aromatic heterocycles. The average Bonchev–Trinajstić information content (AvgIpc) is 3.08. The Balaban J connectivity index is 2.05. The SMILES string of the molecule is CC(C)(NC(=O)C1CC1c1ccc(F)cc1F)C(=O)O. The number of carbonyl (C=O) groups is 2. The Hall–Kier alpha value is -1.98. The number of hydrogen-bond acceptors (Lipinski definition) is 2. The lowest BCUT2D eigenvalue weighted by atomic mass is 10.0. The number of carboxylic acids is 1. The lowest BCUT2D eigenvalue weighted by Gasteiger charge is -2.21. The van der Waals surface area contributed by atoms with Crippen molar-refractivity contribution in [3.63, 3.8) is 0 Å². The van der Waals surface area contributed by atoms with Gasteiger partial charge in [0.2, 0.25) is 5.91 Å². The van der Waals surface area contributed by atoms with E-state index in [1.54, 1.807) is 0 Å². The molecule has 0 bridgehead atoms. The van der Waals surface area contributed by atoms with Crippen molar-refractivity contribution in [3.05, 3.63) is 35.4 Å². The van der Waals surface area contributed by atoms with Gasteiger partial charge in [-0.3, -0.25) is 4.79 Å². The maximum Gasteiger partial charge on any atom is 0.328 e. The zero-order valence-electron chi connectivity index (χ0n) is 11.1. The van der Waals surface area contributed by atoms with Gasteiger partial charge in [-0.25, -0.2) is 13.6 Å². The molecule has 1 aliphatic rings. The molecule has 0 saturated heterocycles. The Bertz CT molecular complexity index is 572. The minimum atomic E-state index is -1.37. The minimum absolute atomic E-state index is 0.291. The summed E-state index contributed by atoms with van der Waals surface area (Å²) in [7, 11) is 0. The number of aliphatic carboxylic acids is 1. The van der Waals surface area contributed by atoms with Gasteiger partial charge in [0.25, 0.3) is 0 Å². The van der Waals surface area contributed by atoms with Gasteiger partial charge in [-0.1, -0.05) is 6.07 Å². The molecular weight excluding hydrogens is 268 g/mol. The topological polar surface area (TPSA) is 66.4 Å². The first-order valence-corrected chi connectivity index (χ1v) is 6.23. The summed E-state index contributed by atoms with van der Waals surface area (Å²) in [6, 6.07) is 3.25. The highest BCUT2D eigenvalue weighted by Gasteiger charge is 2.47. The molecule has 1 aromatic rings. The monoisotopic (exact) mass is 283 g/mol. The lowest BCUT2D eigenvalue weighted by Crippen LogP contribution is -2.50. The van der Waals surface area contributed by atoms with Crippen LogP contribution in [-0.2, 0) is 9.59 Å². The van der Waals surface area contributed by atoms with Crippen LogP contribution in [0.2, 0.25) is 0 Å². The van der Waals surface area contributed by atoms with Crippen LogP contribution in [0.25, 0.3) is 0 Å². The highest BCUT2D eigenvalue weighted by Crippen LogP contribution is 2.48. The number of carboxylic acid groups (broad SMARTS) is 1. The average molecular weight is 283 g/mol. The first-order chi connectivity index (χ1) is 9.22. The van der Waals surface area contributed by atoms with Gasteiger partial charge in [-0.2, -0.15) is 0 Å². The zero-order chi connectivity index (χ0) is 15.1. The molecule has 1 aliphatic carbocycles. The fourth-order valence-corrected chi connectivity index (χ4v) is 2.08. The Labute approximate surface area is 114 Å². The number of benzene rings is 1. The molecule has 2 rings (SSSR count). The Morgan fingerprint density at radius 2 is 2.00 bits per heavy atom. The van der Waals surface area contributed by atoms with Crippen molar-refractivity contribution in [1.29, 1.82) is 0 Å². The molecule has 1 aromatic carbocycles. The summed E-state index contributed by atoms with van der Waals surface area (Å²) in [5.41, 5.74) is -1.08. The van der Waals surface area contributed by atoms with E-state index in [0.29, 0.717) is 12.0 Å². The molecule has 0 aliphatic heterocycles. The van der Waals surface area contributed by atoms with Crippen LogP contribution in [-0.4, -0.2) is 22.5 Å². The van der Waals surface area contributed by atoms with Crippen molar-refractivity contribution < 1.29 is 23.5 Å². The van der Waals surface area contributed by atoms with E-state index in [-0.39, 0.29) is 5.92 Å². The molecule has 0 heterocycles. The van der Waals surface area contributed by atoms with Gasteiger partial charge in [0.05, 0.1) is 0 Å². The molecule has 2 atom stereocenters. The summed E-state index contributed by atoms with van der Waals surface area (Å²) < 4.78 is 26.4. The van der Waals surface area contributed by atoms with E-state index in [1.807, 2.05) is 0 Å². The molecule has 0 spiro atoms. The van der Waals surface area contributed by atoms with E-state index < -0.39 is 35.0 Å². The number of carbonyl (C=O) groups excluding carboxylic acids is 1. The van der Waals surface area contributed by atoms with Crippen molar-refractivity contribution in [3.8, 4) is 0 Å². The Morgan fingerprint density at radius 1 is 1.35 bits per heavy atom. The summed E-state index contributed by atoms with van der Waals surface area (Å²) in [6.45, 7) is 2.76. The minimum Gasteiger partial charge on any atom is -0.480 e. The number of amides is 1. The highest BCUT2D eigenvalue weighted by atomic mass is 19.1. The molecule has 1 amide bonds. The number of hydrogen-bond donors (Lipinski definition) is 2. The number of nitrogens with one attached hydrogen (secondary N) is 1. The predicted molar refractivity (Wildman–Crippen MR) is 67.1 cm³/mol. The van der Waals surface area contributed by atoms with Crippen molar-refractivity contribution in [2.45, 2.75) is 31.7 Å². The summed E-state index contributed by atoms with van der Waals surface area (Å²) in [5.74, 6) is -3.70. The van der Waals surface area contributed by atoms with E-state index in [9.17, 15) is 18.4 Å². The fraction of sp³-hybridized carbons (Fsp3) is 0.429. The molecule has 2 N–H and O–H groups in total. The van der Waals surface area contributed by atoms with Gasteiger partial charge in [-0.05, 0) is 37.8 Å². The van der Waals surface area contributed by atoms with Gasteiger partial charge < -0.3 is 10.4 Å². The third-order valence-corrected chi connectivity index (χ3v) is 3.46. The van der Waals surface area contributed by atoms with E-state index in [0.717, 1.165) is 12.1 Å². The molecule has 108 valence electrons. The van der Waals surface area contributed by atoms with Crippen LogP contribution in [0.1, 0.15) is 31.7 Å². The van der Waals surface area contributed by atoms with E-state index in [4.69, 9.17) is 5.11 Å². The molecule has 1 saturated carbocycles. The Morgan fingerprint density at radius 3 is 2.55 bits per heavy atom. The van der Waals surface area contributed by atoms with Crippen LogP contribution >= 0.6 is 0 Å². The first-order valence-electron chi connectivity index (χ1n) is 6.23. The molecule has 6 heteroatoms. The second-order valence-electron chi connectivity index (χ2n) is 5.53. The molecule has 0 radical (unpaired) electrons. The zero-order valence-corrected chi connectivity index (χ0v) is 11.1. The first kappa shape index (κ1) is 14.4. The summed E-state index contributed by atoms with van der Waals surface area (Å²) in [4.78, 5) is 22.8. The molecule has 2 unspecified atom stereocenters. The third-order valence-electron chi connectivity index (χ3n) is 3.46. The summed E-state index contributed by atoms with van der Waals surface area (Å²) in [6.07, 6.45) is 0.435. The fourth-order valence-electron chi connectivity index (χ4n) is 2.08. The smallest absolute Gasteiger partial charge is 0.328 e. The quantitative estimate of drug-likeness (QED) is 0.888. The van der Waals surface area contributed by atoms with Crippen molar-refractivity contribution in [2.24, 2.45) is 5.92 Å². The second kappa shape index (κ2) is 4.85. The largest absolute Gasteiger partial charge is 0.480 e. The second-order valence-corrected chi connectivity index (χ2v) is 5.53. The third kappa shape index (κ3) is 2.79. The maximum atomic E-state index is 13.6. The van der Waals surface area contributed by atoms with Gasteiger partial charge in [-0.15, -0.1) is 0 Å². The standard InChI is InChI=1S/C14H15F2NO3/c1-14(2,13(19)20)17-12(18)10-6-9(10)8-4-3-7(15)5-11(8)16/h3-5,9-10H,6H2,1-2H3,(H,17,18)(H,19,20). The molecule has 1 fully saturated rings. The van der Waals surface area contributed by atoms with Crippen molar-refractivity contribution in [1.82, 2.24) is 5.32 Å². The Kier molecular flexibility index (Phi) is 3.50. The predicted octanol–water partition coefficient (Wildman–Crippen LogP) is 2.05. The van der Waals surface area contributed by atoms with Crippen LogP contribution in [0.15, 0.2) is 18.2 Å². The number of rotatable bonds is 4. The van der Waals surface area contributed by atoms with Crippen LogP contribution in [0.5, 0.6) is 0 Å². The summed E-state index contributed by atoms with van der Waals surface area (Å²) >= 11 is 0. The summed E-state index contributed by atoms with van der Waals surface area (Å²) in [5, 5.41) is 11.3. The molecular formula is C14H15F2NO3. The van der Waals surface area contributed by atoms with Crippen LogP contribution in [0.3, 0.4) is 0 Å².